The van der Waals surface area contributed by atoms with E-state index in [2.05, 4.69) is 25.0 Å². The van der Waals surface area contributed by atoms with Crippen LogP contribution in [0.25, 0.3) is 0 Å². The molecule has 7 nitrogen and oxygen atoms in total. The number of rotatable bonds is 6. The van der Waals surface area contributed by atoms with Gasteiger partial charge in [0, 0.05) is 24.6 Å². The lowest BCUT2D eigenvalue weighted by atomic mass is 10.4. The van der Waals surface area contributed by atoms with Crippen LogP contribution in [0, 0.1) is 0 Å². The predicted molar refractivity (Wildman–Crippen MR) is 71.0 cm³/mol. The van der Waals surface area contributed by atoms with E-state index in [4.69, 9.17) is 0 Å². The summed E-state index contributed by atoms with van der Waals surface area (Å²) in [5.41, 5.74) is 0.692. The van der Waals surface area contributed by atoms with Gasteiger partial charge < -0.3 is 10.3 Å². The Morgan fingerprint density at radius 3 is 2.95 bits per heavy atom. The van der Waals surface area contributed by atoms with Crippen molar-refractivity contribution in [1.82, 2.24) is 19.7 Å². The third-order valence-corrected chi connectivity index (χ3v) is 3.84. The van der Waals surface area contributed by atoms with Crippen molar-refractivity contribution >= 4 is 15.8 Å². The Morgan fingerprint density at radius 2 is 2.26 bits per heavy atom. The van der Waals surface area contributed by atoms with Gasteiger partial charge in [0.25, 0.3) is 0 Å². The molecule has 0 aliphatic heterocycles. The number of aromatic nitrogens is 3. The molecule has 19 heavy (non-hydrogen) atoms. The van der Waals surface area contributed by atoms with Gasteiger partial charge in [0.1, 0.15) is 10.7 Å². The second kappa shape index (κ2) is 5.81. The Bertz CT molecular complexity index is 624. The number of hydrogen-bond donors (Lipinski definition) is 3. The van der Waals surface area contributed by atoms with Crippen LogP contribution in [0.2, 0.25) is 0 Å². The standard InChI is InChI=1S/C11H15N5O2S/c1-2-13-11-10(4-3-5-14-11)19(17,18)16-7-9-6-12-8-15-9/h3-6,8,16H,2,7H2,1H3,(H,12,15)(H,13,14). The summed E-state index contributed by atoms with van der Waals surface area (Å²) < 4.78 is 26.9. The number of hydrogen-bond acceptors (Lipinski definition) is 5. The van der Waals surface area contributed by atoms with Crippen molar-refractivity contribution in [3.63, 3.8) is 0 Å². The van der Waals surface area contributed by atoms with Crippen molar-refractivity contribution in [3.05, 3.63) is 36.5 Å². The summed E-state index contributed by atoms with van der Waals surface area (Å²) in [7, 11) is -3.61. The SMILES string of the molecule is CCNc1ncccc1S(=O)(=O)NCc1cnc[nH]1. The molecule has 0 amide bonds. The van der Waals surface area contributed by atoms with E-state index in [9.17, 15) is 8.42 Å². The third-order valence-electron chi connectivity index (χ3n) is 2.41. The van der Waals surface area contributed by atoms with Crippen LogP contribution in [0.5, 0.6) is 0 Å². The predicted octanol–water partition coefficient (Wildman–Crippen LogP) is 0.715. The van der Waals surface area contributed by atoms with Crippen LogP contribution in [-0.2, 0) is 16.6 Å². The first-order valence-electron chi connectivity index (χ1n) is 5.79. The summed E-state index contributed by atoms with van der Waals surface area (Å²) in [6.45, 7) is 2.63. The molecule has 0 fully saturated rings. The molecule has 0 atom stereocenters. The van der Waals surface area contributed by atoms with Gasteiger partial charge in [-0.3, -0.25) is 0 Å². The first kappa shape index (κ1) is 13.5. The molecule has 0 bridgehead atoms. The number of anilines is 1. The number of imidazole rings is 1. The minimum absolute atomic E-state index is 0.136. The van der Waals surface area contributed by atoms with Crippen LogP contribution in [0.4, 0.5) is 5.82 Å². The summed E-state index contributed by atoms with van der Waals surface area (Å²) in [6.07, 6.45) is 4.61. The first-order chi connectivity index (χ1) is 9.13. The van der Waals surface area contributed by atoms with E-state index in [0.717, 1.165) is 0 Å². The second-order valence-corrected chi connectivity index (χ2v) is 5.52. The van der Waals surface area contributed by atoms with E-state index in [0.29, 0.717) is 18.1 Å². The molecule has 0 unspecified atom stereocenters. The van der Waals surface area contributed by atoms with E-state index in [1.54, 1.807) is 18.5 Å². The molecule has 0 spiro atoms. The number of H-pyrrole nitrogens is 1. The number of sulfonamides is 1. The summed E-state index contributed by atoms with van der Waals surface area (Å²) in [5.74, 6) is 0.349. The summed E-state index contributed by atoms with van der Waals surface area (Å²) in [4.78, 5) is 10.8. The van der Waals surface area contributed by atoms with Gasteiger partial charge in [-0.1, -0.05) is 0 Å². The highest BCUT2D eigenvalue weighted by Crippen LogP contribution is 2.17. The zero-order valence-electron chi connectivity index (χ0n) is 10.4. The molecule has 0 radical (unpaired) electrons. The van der Waals surface area contributed by atoms with Gasteiger partial charge >= 0.3 is 0 Å². The fraction of sp³-hybridized carbons (Fsp3) is 0.273. The van der Waals surface area contributed by atoms with Gasteiger partial charge in [-0.25, -0.2) is 23.1 Å². The van der Waals surface area contributed by atoms with Crippen molar-refractivity contribution < 1.29 is 8.42 Å². The van der Waals surface area contributed by atoms with E-state index < -0.39 is 10.0 Å². The molecule has 2 aromatic rings. The molecule has 2 rings (SSSR count). The number of nitrogens with one attached hydrogen (secondary N) is 3. The quantitative estimate of drug-likeness (QED) is 0.724. The van der Waals surface area contributed by atoms with Crippen molar-refractivity contribution in [3.8, 4) is 0 Å². The van der Waals surface area contributed by atoms with Gasteiger partial charge in [0.15, 0.2) is 0 Å². The van der Waals surface area contributed by atoms with E-state index in [1.807, 2.05) is 6.92 Å². The van der Waals surface area contributed by atoms with Crippen molar-refractivity contribution in [2.24, 2.45) is 0 Å². The minimum Gasteiger partial charge on any atom is -0.369 e. The van der Waals surface area contributed by atoms with Crippen LogP contribution in [0.3, 0.4) is 0 Å². The number of pyridine rings is 1. The van der Waals surface area contributed by atoms with Crippen LogP contribution in [0.15, 0.2) is 35.7 Å². The van der Waals surface area contributed by atoms with Crippen molar-refractivity contribution in [2.75, 3.05) is 11.9 Å². The van der Waals surface area contributed by atoms with Gasteiger partial charge in [0.05, 0.1) is 12.9 Å². The average Bonchev–Trinajstić information content (AvgIpc) is 2.91. The molecule has 8 heteroatoms. The molecule has 0 saturated carbocycles. The summed E-state index contributed by atoms with van der Waals surface area (Å²) >= 11 is 0. The second-order valence-electron chi connectivity index (χ2n) is 3.78. The molecule has 2 aromatic heterocycles. The highest BCUT2D eigenvalue weighted by atomic mass is 32.2. The van der Waals surface area contributed by atoms with E-state index in [1.165, 1.54) is 12.4 Å². The van der Waals surface area contributed by atoms with Crippen LogP contribution in [-0.4, -0.2) is 29.9 Å². The fourth-order valence-corrected chi connectivity index (χ4v) is 2.68. The zero-order valence-corrected chi connectivity index (χ0v) is 11.2. The van der Waals surface area contributed by atoms with Gasteiger partial charge in [-0.15, -0.1) is 0 Å². The Labute approximate surface area is 111 Å². The van der Waals surface area contributed by atoms with Gasteiger partial charge in [0.2, 0.25) is 10.0 Å². The Morgan fingerprint density at radius 1 is 1.42 bits per heavy atom. The molecular weight excluding hydrogens is 266 g/mol. The highest BCUT2D eigenvalue weighted by Gasteiger charge is 2.18. The zero-order chi connectivity index (χ0) is 13.7. The van der Waals surface area contributed by atoms with Gasteiger partial charge in [-0.05, 0) is 19.1 Å². The monoisotopic (exact) mass is 281 g/mol. The topological polar surface area (TPSA) is 99.8 Å². The molecule has 0 saturated heterocycles. The molecular formula is C11H15N5O2S. The summed E-state index contributed by atoms with van der Waals surface area (Å²) in [6, 6.07) is 3.10. The van der Waals surface area contributed by atoms with Crippen LogP contribution >= 0.6 is 0 Å². The Kier molecular flexibility index (Phi) is 4.13. The fourth-order valence-electron chi connectivity index (χ4n) is 1.54. The van der Waals surface area contributed by atoms with Crippen LogP contribution in [0.1, 0.15) is 12.6 Å². The van der Waals surface area contributed by atoms with E-state index in [-0.39, 0.29) is 11.4 Å². The Hall–Kier alpha value is -1.93. The highest BCUT2D eigenvalue weighted by molar-refractivity contribution is 7.89. The third kappa shape index (κ3) is 3.30. The molecule has 0 aliphatic carbocycles. The smallest absolute Gasteiger partial charge is 0.244 e. The average molecular weight is 281 g/mol. The maximum absolute atomic E-state index is 12.2. The molecule has 3 N–H and O–H groups in total. The maximum atomic E-state index is 12.2. The van der Waals surface area contributed by atoms with Gasteiger partial charge in [-0.2, -0.15) is 0 Å². The van der Waals surface area contributed by atoms with Crippen molar-refractivity contribution in [2.45, 2.75) is 18.4 Å². The van der Waals surface area contributed by atoms with Crippen LogP contribution < -0.4 is 10.0 Å². The lowest BCUT2D eigenvalue weighted by Crippen LogP contribution is -2.24. The van der Waals surface area contributed by atoms with Crippen molar-refractivity contribution in [1.29, 1.82) is 0 Å². The summed E-state index contributed by atoms with van der Waals surface area (Å²) in [5, 5.41) is 2.92. The van der Waals surface area contributed by atoms with E-state index >= 15 is 0 Å². The lowest BCUT2D eigenvalue weighted by molar-refractivity contribution is 0.580. The number of aromatic amines is 1. The molecule has 0 aromatic carbocycles. The Balaban J connectivity index is 2.19. The normalized spacial score (nSPS) is 11.4. The molecule has 2 heterocycles. The molecule has 102 valence electrons. The first-order valence-corrected chi connectivity index (χ1v) is 7.27. The largest absolute Gasteiger partial charge is 0.369 e. The molecule has 0 aliphatic rings. The maximum Gasteiger partial charge on any atom is 0.244 e. The lowest BCUT2D eigenvalue weighted by Gasteiger charge is -2.10. The number of nitrogens with zero attached hydrogens (tertiary/aromatic N) is 2. The minimum atomic E-state index is -3.61.